The lowest BCUT2D eigenvalue weighted by Gasteiger charge is -2.29. The number of carbonyl (C=O) groups is 5. The molecule has 1 aliphatic rings. The molecule has 0 bridgehead atoms. The van der Waals surface area contributed by atoms with E-state index in [2.05, 4.69) is 25.4 Å². The fraction of sp³-hybridized carbons (Fsp3) is 0.450. The van der Waals surface area contributed by atoms with E-state index in [1.54, 1.807) is 0 Å². The molecule has 1 saturated heterocycles. The summed E-state index contributed by atoms with van der Waals surface area (Å²) in [5.74, 6) is -2.80. The molecule has 0 spiro atoms. The highest BCUT2D eigenvalue weighted by Crippen LogP contribution is 2.09. The molecule has 1 fully saturated rings. The van der Waals surface area contributed by atoms with Gasteiger partial charge < -0.3 is 25.4 Å². The van der Waals surface area contributed by atoms with Crippen molar-refractivity contribution >= 4 is 29.7 Å². The summed E-state index contributed by atoms with van der Waals surface area (Å²) >= 11 is 0. The zero-order chi connectivity index (χ0) is 22.1. The lowest BCUT2D eigenvalue weighted by molar-refractivity contribution is -0.146. The van der Waals surface area contributed by atoms with E-state index in [0.29, 0.717) is 6.42 Å². The van der Waals surface area contributed by atoms with E-state index in [0.717, 1.165) is 12.7 Å². The average Bonchev–Trinajstić information content (AvgIpc) is 2.74. The van der Waals surface area contributed by atoms with Crippen molar-refractivity contribution in [3.8, 4) is 0 Å². The Bertz CT molecular complexity index is 797. The lowest BCUT2D eigenvalue weighted by Crippen LogP contribution is -2.63. The molecule has 1 heterocycles. The Hall–Kier alpha value is -3.43. The molecule has 3 N–H and O–H groups in total. The zero-order valence-electron chi connectivity index (χ0n) is 16.8. The molecule has 162 valence electrons. The quantitative estimate of drug-likeness (QED) is 0.446. The van der Waals surface area contributed by atoms with E-state index in [9.17, 15) is 24.0 Å². The number of amides is 3. The lowest BCUT2D eigenvalue weighted by atomic mass is 10.0. The van der Waals surface area contributed by atoms with Crippen molar-refractivity contribution in [1.82, 2.24) is 16.0 Å². The molecule has 30 heavy (non-hydrogen) atoms. The summed E-state index contributed by atoms with van der Waals surface area (Å²) in [4.78, 5) is 60.1. The first-order chi connectivity index (χ1) is 14.3. The highest BCUT2D eigenvalue weighted by molar-refractivity contribution is 5.99. The summed E-state index contributed by atoms with van der Waals surface area (Å²) in [6, 6.07) is 6.34. The van der Waals surface area contributed by atoms with Crippen LogP contribution in [-0.2, 0) is 39.9 Å². The summed E-state index contributed by atoms with van der Waals surface area (Å²) in [6.07, 6.45) is -0.150. The fourth-order valence-electron chi connectivity index (χ4n) is 3.01. The summed E-state index contributed by atoms with van der Waals surface area (Å²) in [7, 11) is 2.37. The van der Waals surface area contributed by atoms with Gasteiger partial charge in [0, 0.05) is 12.8 Å². The summed E-state index contributed by atoms with van der Waals surface area (Å²) < 4.78 is 9.14. The highest BCUT2D eigenvalue weighted by Gasteiger charge is 2.35. The van der Waals surface area contributed by atoms with Gasteiger partial charge in [0.25, 0.3) is 0 Å². The third-order valence-electron chi connectivity index (χ3n) is 4.62. The van der Waals surface area contributed by atoms with Crippen LogP contribution in [0.2, 0.25) is 0 Å². The van der Waals surface area contributed by atoms with Crippen LogP contribution < -0.4 is 16.0 Å². The molecule has 10 heteroatoms. The van der Waals surface area contributed by atoms with Gasteiger partial charge in [0.15, 0.2) is 0 Å². The molecule has 3 amide bonds. The molecular weight excluding hydrogens is 394 g/mol. The first-order valence-electron chi connectivity index (χ1n) is 9.42. The fourth-order valence-corrected chi connectivity index (χ4v) is 3.01. The first-order valence-corrected chi connectivity index (χ1v) is 9.42. The average molecular weight is 419 g/mol. The van der Waals surface area contributed by atoms with Gasteiger partial charge in [-0.1, -0.05) is 30.3 Å². The predicted molar refractivity (Wildman–Crippen MR) is 104 cm³/mol. The molecule has 0 aliphatic carbocycles. The van der Waals surface area contributed by atoms with Gasteiger partial charge >= 0.3 is 11.9 Å². The van der Waals surface area contributed by atoms with E-state index < -0.39 is 47.8 Å². The number of esters is 2. The van der Waals surface area contributed by atoms with Crippen LogP contribution in [0.4, 0.5) is 0 Å². The number of piperazine rings is 1. The van der Waals surface area contributed by atoms with Crippen LogP contribution in [-0.4, -0.2) is 62.0 Å². The van der Waals surface area contributed by atoms with E-state index in [1.165, 1.54) is 7.11 Å². The Kier molecular flexibility index (Phi) is 8.33. The van der Waals surface area contributed by atoms with Gasteiger partial charge in [0.05, 0.1) is 20.6 Å². The second kappa shape index (κ2) is 10.9. The van der Waals surface area contributed by atoms with Crippen molar-refractivity contribution in [2.24, 2.45) is 0 Å². The molecule has 0 saturated carbocycles. The van der Waals surface area contributed by atoms with Gasteiger partial charge in [-0.15, -0.1) is 0 Å². The number of carbonyl (C=O) groups excluding carboxylic acids is 5. The molecule has 1 aromatic rings. The van der Waals surface area contributed by atoms with Crippen LogP contribution in [0.25, 0.3) is 0 Å². The molecular formula is C20H25N3O7. The van der Waals surface area contributed by atoms with Gasteiger partial charge in [-0.3, -0.25) is 19.2 Å². The standard InChI is InChI=1S/C20H25N3O7/c1-29-17(25)9-8-13(20(28)30-2)21-16(24)11-15-19(27)22-14(18(26)23-15)10-12-6-4-3-5-7-12/h3-7,13-15H,8-11H2,1-2H3,(H,21,24)(H,22,27)(H,23,26)/t13-,14-,15-/m0/s1. The Balaban J connectivity index is 1.91. The van der Waals surface area contributed by atoms with Crippen LogP contribution in [0.1, 0.15) is 24.8 Å². The van der Waals surface area contributed by atoms with Crippen molar-refractivity contribution in [3.63, 3.8) is 0 Å². The molecule has 0 radical (unpaired) electrons. The zero-order valence-corrected chi connectivity index (χ0v) is 16.8. The monoisotopic (exact) mass is 419 g/mol. The van der Waals surface area contributed by atoms with E-state index >= 15 is 0 Å². The van der Waals surface area contributed by atoms with Gasteiger partial charge in [-0.2, -0.15) is 0 Å². The van der Waals surface area contributed by atoms with E-state index in [4.69, 9.17) is 0 Å². The summed E-state index contributed by atoms with van der Waals surface area (Å²) in [5, 5.41) is 7.59. The number of hydrogen-bond donors (Lipinski definition) is 3. The minimum atomic E-state index is -1.07. The van der Waals surface area contributed by atoms with Gasteiger partial charge in [-0.25, -0.2) is 4.79 Å². The Morgan fingerprint density at radius 2 is 1.63 bits per heavy atom. The number of methoxy groups -OCH3 is 2. The third-order valence-corrected chi connectivity index (χ3v) is 4.62. The smallest absolute Gasteiger partial charge is 0.328 e. The predicted octanol–water partition coefficient (Wildman–Crippen LogP) is -0.787. The molecule has 2 rings (SSSR count). The Morgan fingerprint density at radius 1 is 1.00 bits per heavy atom. The number of ether oxygens (including phenoxy) is 2. The van der Waals surface area contributed by atoms with E-state index in [1.807, 2.05) is 30.3 Å². The second-order valence-corrected chi connectivity index (χ2v) is 6.77. The van der Waals surface area contributed by atoms with Crippen LogP contribution in [0.15, 0.2) is 30.3 Å². The van der Waals surface area contributed by atoms with Crippen LogP contribution in [0.5, 0.6) is 0 Å². The molecule has 1 aliphatic heterocycles. The Labute approximate surface area is 173 Å². The van der Waals surface area contributed by atoms with Gasteiger partial charge in [0.1, 0.15) is 18.1 Å². The van der Waals surface area contributed by atoms with E-state index in [-0.39, 0.29) is 19.3 Å². The van der Waals surface area contributed by atoms with Crippen molar-refractivity contribution in [3.05, 3.63) is 35.9 Å². The second-order valence-electron chi connectivity index (χ2n) is 6.77. The minimum Gasteiger partial charge on any atom is -0.469 e. The van der Waals surface area contributed by atoms with Crippen LogP contribution in [0.3, 0.4) is 0 Å². The number of hydrogen-bond acceptors (Lipinski definition) is 7. The van der Waals surface area contributed by atoms with Crippen molar-refractivity contribution in [2.75, 3.05) is 14.2 Å². The molecule has 1 aromatic carbocycles. The normalized spacial score (nSPS) is 19.1. The van der Waals surface area contributed by atoms with Crippen LogP contribution >= 0.6 is 0 Å². The SMILES string of the molecule is COC(=O)CC[C@H](NC(=O)C[C@@H]1NC(=O)[C@H](Cc2ccccc2)NC1=O)C(=O)OC. The minimum absolute atomic E-state index is 0.0204. The van der Waals surface area contributed by atoms with Crippen molar-refractivity contribution in [1.29, 1.82) is 0 Å². The highest BCUT2D eigenvalue weighted by atomic mass is 16.5. The van der Waals surface area contributed by atoms with Gasteiger partial charge in [-0.05, 0) is 12.0 Å². The maximum absolute atomic E-state index is 12.3. The molecule has 3 atom stereocenters. The number of nitrogens with one attached hydrogen (secondary N) is 3. The summed E-state index contributed by atoms with van der Waals surface area (Å²) in [5.41, 5.74) is 0.890. The van der Waals surface area contributed by atoms with Crippen LogP contribution in [0, 0.1) is 0 Å². The van der Waals surface area contributed by atoms with Crippen molar-refractivity contribution in [2.45, 2.75) is 43.8 Å². The maximum Gasteiger partial charge on any atom is 0.328 e. The molecule has 10 nitrogen and oxygen atoms in total. The number of rotatable bonds is 9. The summed E-state index contributed by atoms with van der Waals surface area (Å²) in [6.45, 7) is 0. The number of benzene rings is 1. The molecule has 0 aromatic heterocycles. The maximum atomic E-state index is 12.3. The molecule has 0 unspecified atom stereocenters. The largest absolute Gasteiger partial charge is 0.469 e. The van der Waals surface area contributed by atoms with Gasteiger partial charge in [0.2, 0.25) is 17.7 Å². The Morgan fingerprint density at radius 3 is 2.27 bits per heavy atom. The topological polar surface area (TPSA) is 140 Å². The first kappa shape index (κ1) is 22.9. The third kappa shape index (κ3) is 6.57. The van der Waals surface area contributed by atoms with Crippen molar-refractivity contribution < 1.29 is 33.4 Å².